The Labute approximate surface area is 104 Å². The Kier molecular flexibility index (Phi) is 4.20. The van der Waals surface area contributed by atoms with Crippen LogP contribution in [0.15, 0.2) is 15.2 Å². The van der Waals surface area contributed by atoms with Crippen molar-refractivity contribution in [1.29, 1.82) is 0 Å². The molecule has 1 saturated heterocycles. The van der Waals surface area contributed by atoms with E-state index in [1.54, 1.807) is 11.3 Å². The van der Waals surface area contributed by atoms with Crippen LogP contribution in [-0.4, -0.2) is 24.0 Å². The van der Waals surface area contributed by atoms with Crippen LogP contribution in [0.1, 0.15) is 24.8 Å². The fraction of sp³-hybridized carbons (Fsp3) is 0.636. The maximum atomic E-state index is 5.80. The minimum Gasteiger partial charge on any atom is -0.329 e. The number of halogens is 1. The topological polar surface area (TPSA) is 29.3 Å². The van der Waals surface area contributed by atoms with Gasteiger partial charge in [-0.15, -0.1) is 11.3 Å². The summed E-state index contributed by atoms with van der Waals surface area (Å²) in [5.74, 6) is 0. The van der Waals surface area contributed by atoms with Gasteiger partial charge in [0, 0.05) is 19.1 Å². The van der Waals surface area contributed by atoms with Gasteiger partial charge in [0.1, 0.15) is 0 Å². The third kappa shape index (κ3) is 3.03. The van der Waals surface area contributed by atoms with E-state index in [0.29, 0.717) is 6.04 Å². The SMILES string of the molecule is NCC1CCCCN1Cc1csc(Br)c1. The van der Waals surface area contributed by atoms with Gasteiger partial charge in [-0.25, -0.2) is 0 Å². The quantitative estimate of drug-likeness (QED) is 0.927. The van der Waals surface area contributed by atoms with E-state index in [1.807, 2.05) is 0 Å². The molecule has 1 unspecified atom stereocenters. The maximum absolute atomic E-state index is 5.80. The van der Waals surface area contributed by atoms with E-state index in [2.05, 4.69) is 32.3 Å². The molecule has 0 aromatic carbocycles. The molecule has 1 atom stereocenters. The van der Waals surface area contributed by atoms with Crippen LogP contribution in [0.25, 0.3) is 0 Å². The average Bonchev–Trinajstić information content (AvgIpc) is 2.65. The molecule has 0 spiro atoms. The molecule has 1 fully saturated rings. The van der Waals surface area contributed by atoms with Crippen molar-refractivity contribution >= 4 is 27.3 Å². The Morgan fingerprint density at radius 1 is 1.53 bits per heavy atom. The van der Waals surface area contributed by atoms with Crippen molar-refractivity contribution < 1.29 is 0 Å². The van der Waals surface area contributed by atoms with Crippen LogP contribution in [0.3, 0.4) is 0 Å². The third-order valence-corrected chi connectivity index (χ3v) is 4.58. The Morgan fingerprint density at radius 3 is 3.07 bits per heavy atom. The van der Waals surface area contributed by atoms with Crippen molar-refractivity contribution in [1.82, 2.24) is 4.90 Å². The molecule has 1 aliphatic rings. The van der Waals surface area contributed by atoms with Crippen LogP contribution < -0.4 is 5.73 Å². The highest BCUT2D eigenvalue weighted by Crippen LogP contribution is 2.24. The fourth-order valence-electron chi connectivity index (χ4n) is 2.20. The van der Waals surface area contributed by atoms with Gasteiger partial charge in [0.25, 0.3) is 0 Å². The summed E-state index contributed by atoms with van der Waals surface area (Å²) in [5.41, 5.74) is 7.21. The van der Waals surface area contributed by atoms with Crippen LogP contribution in [-0.2, 0) is 6.54 Å². The molecule has 1 aromatic rings. The molecule has 0 saturated carbocycles. The summed E-state index contributed by atoms with van der Waals surface area (Å²) in [7, 11) is 0. The standard InChI is InChI=1S/C11H17BrN2S/c12-11-5-9(8-15-11)7-14-4-2-1-3-10(14)6-13/h5,8,10H,1-4,6-7,13H2. The fourth-order valence-corrected chi connectivity index (χ4v) is 3.40. The Bertz CT molecular complexity index is 313. The normalized spacial score (nSPS) is 23.2. The molecule has 2 N–H and O–H groups in total. The van der Waals surface area contributed by atoms with E-state index >= 15 is 0 Å². The van der Waals surface area contributed by atoms with Crippen molar-refractivity contribution in [3.63, 3.8) is 0 Å². The van der Waals surface area contributed by atoms with Gasteiger partial charge < -0.3 is 5.73 Å². The summed E-state index contributed by atoms with van der Waals surface area (Å²) in [4.78, 5) is 2.53. The number of hydrogen-bond donors (Lipinski definition) is 1. The largest absolute Gasteiger partial charge is 0.329 e. The molecule has 2 rings (SSSR count). The van der Waals surface area contributed by atoms with Crippen molar-refractivity contribution in [3.8, 4) is 0 Å². The molecule has 1 aliphatic heterocycles. The zero-order chi connectivity index (χ0) is 10.7. The van der Waals surface area contributed by atoms with Gasteiger partial charge >= 0.3 is 0 Å². The van der Waals surface area contributed by atoms with Gasteiger partial charge in [0.05, 0.1) is 3.79 Å². The molecule has 2 heterocycles. The Balaban J connectivity index is 1.97. The molecule has 4 heteroatoms. The first-order valence-electron chi connectivity index (χ1n) is 5.46. The summed E-state index contributed by atoms with van der Waals surface area (Å²) in [5, 5.41) is 2.23. The molecule has 15 heavy (non-hydrogen) atoms. The first kappa shape index (κ1) is 11.6. The number of likely N-dealkylation sites (tertiary alicyclic amines) is 1. The first-order valence-corrected chi connectivity index (χ1v) is 7.14. The molecule has 2 nitrogen and oxygen atoms in total. The van der Waals surface area contributed by atoms with Gasteiger partial charge in [0.15, 0.2) is 0 Å². The van der Waals surface area contributed by atoms with Crippen LogP contribution in [0.5, 0.6) is 0 Å². The number of nitrogens with zero attached hydrogens (tertiary/aromatic N) is 1. The smallest absolute Gasteiger partial charge is 0.0701 e. The van der Waals surface area contributed by atoms with Gasteiger partial charge in [0.2, 0.25) is 0 Å². The zero-order valence-corrected chi connectivity index (χ0v) is 11.2. The van der Waals surface area contributed by atoms with Crippen molar-refractivity contribution in [2.75, 3.05) is 13.1 Å². The van der Waals surface area contributed by atoms with Gasteiger partial charge in [-0.05, 0) is 52.3 Å². The lowest BCUT2D eigenvalue weighted by Crippen LogP contribution is -2.43. The number of nitrogens with two attached hydrogens (primary N) is 1. The van der Waals surface area contributed by atoms with Crippen molar-refractivity contribution in [3.05, 3.63) is 20.8 Å². The van der Waals surface area contributed by atoms with Gasteiger partial charge in [-0.3, -0.25) is 4.90 Å². The van der Waals surface area contributed by atoms with Gasteiger partial charge in [-0.1, -0.05) is 6.42 Å². The number of hydrogen-bond acceptors (Lipinski definition) is 3. The second-order valence-corrected chi connectivity index (χ2v) is 6.41. The average molecular weight is 289 g/mol. The molecule has 0 aliphatic carbocycles. The lowest BCUT2D eigenvalue weighted by molar-refractivity contribution is 0.145. The monoisotopic (exact) mass is 288 g/mol. The zero-order valence-electron chi connectivity index (χ0n) is 8.79. The summed E-state index contributed by atoms with van der Waals surface area (Å²) in [6.07, 6.45) is 3.93. The molecular formula is C11H17BrN2S. The summed E-state index contributed by atoms with van der Waals surface area (Å²) < 4.78 is 1.22. The third-order valence-electron chi connectivity index (χ3n) is 3.03. The summed E-state index contributed by atoms with van der Waals surface area (Å²) in [6, 6.07) is 2.81. The molecular weight excluding hydrogens is 272 g/mol. The highest BCUT2D eigenvalue weighted by Gasteiger charge is 2.21. The molecule has 84 valence electrons. The molecule has 1 aromatic heterocycles. The summed E-state index contributed by atoms with van der Waals surface area (Å²) >= 11 is 5.27. The Morgan fingerprint density at radius 2 is 2.40 bits per heavy atom. The van der Waals surface area contributed by atoms with Crippen LogP contribution >= 0.6 is 27.3 Å². The van der Waals surface area contributed by atoms with Crippen LogP contribution in [0.2, 0.25) is 0 Å². The van der Waals surface area contributed by atoms with Crippen molar-refractivity contribution in [2.24, 2.45) is 5.73 Å². The lowest BCUT2D eigenvalue weighted by atomic mass is 10.0. The van der Waals surface area contributed by atoms with E-state index < -0.39 is 0 Å². The Hall–Kier alpha value is 0.100. The lowest BCUT2D eigenvalue weighted by Gasteiger charge is -2.34. The minimum atomic E-state index is 0.595. The minimum absolute atomic E-state index is 0.595. The molecule has 0 bridgehead atoms. The highest BCUT2D eigenvalue weighted by molar-refractivity contribution is 9.11. The van der Waals surface area contributed by atoms with E-state index in [0.717, 1.165) is 13.1 Å². The maximum Gasteiger partial charge on any atom is 0.0701 e. The van der Waals surface area contributed by atoms with Crippen LogP contribution in [0, 0.1) is 0 Å². The second-order valence-electron chi connectivity index (χ2n) is 4.11. The highest BCUT2D eigenvalue weighted by atomic mass is 79.9. The summed E-state index contributed by atoms with van der Waals surface area (Å²) in [6.45, 7) is 3.06. The van der Waals surface area contributed by atoms with Crippen LogP contribution in [0.4, 0.5) is 0 Å². The number of piperidine rings is 1. The number of rotatable bonds is 3. The molecule has 0 radical (unpaired) electrons. The van der Waals surface area contributed by atoms with E-state index in [4.69, 9.17) is 5.73 Å². The number of thiophene rings is 1. The van der Waals surface area contributed by atoms with E-state index in [-0.39, 0.29) is 0 Å². The predicted molar refractivity (Wildman–Crippen MR) is 69.1 cm³/mol. The van der Waals surface area contributed by atoms with E-state index in [9.17, 15) is 0 Å². The molecule has 0 amide bonds. The predicted octanol–water partition coefficient (Wildman–Crippen LogP) is 2.82. The van der Waals surface area contributed by atoms with Crippen molar-refractivity contribution in [2.45, 2.75) is 31.8 Å². The first-order chi connectivity index (χ1) is 7.29. The van der Waals surface area contributed by atoms with E-state index in [1.165, 1.54) is 35.2 Å². The van der Waals surface area contributed by atoms with Gasteiger partial charge in [-0.2, -0.15) is 0 Å². The second kappa shape index (κ2) is 5.43.